The van der Waals surface area contributed by atoms with Gasteiger partial charge in [-0.15, -0.1) is 0 Å². The topological polar surface area (TPSA) is 50.1 Å². The molecule has 5 aromatic rings. The molecule has 0 spiro atoms. The van der Waals surface area contributed by atoms with Crippen LogP contribution in [0.25, 0.3) is 22.3 Å². The van der Waals surface area contributed by atoms with Crippen LogP contribution in [-0.2, 0) is 0 Å². The fourth-order valence-electron chi connectivity index (χ4n) is 6.17. The Kier molecular flexibility index (Phi) is 7.14. The van der Waals surface area contributed by atoms with Gasteiger partial charge < -0.3 is 16.4 Å². The molecule has 4 N–H and O–H groups in total. The number of nitrogens with two attached hydrogens (primary N) is 1. The van der Waals surface area contributed by atoms with Crippen molar-refractivity contribution in [1.82, 2.24) is 0 Å². The van der Waals surface area contributed by atoms with Crippen molar-refractivity contribution < 1.29 is 0 Å². The van der Waals surface area contributed by atoms with Crippen molar-refractivity contribution in [3.05, 3.63) is 168 Å². The number of allylic oxidation sites excluding steroid dienone is 4. The third-order valence-corrected chi connectivity index (χ3v) is 8.33. The fraction of sp³-hybridized carbons (Fsp3) is 0.100. The van der Waals surface area contributed by atoms with Gasteiger partial charge in [-0.2, -0.15) is 0 Å². The zero-order valence-corrected chi connectivity index (χ0v) is 24.3. The third-order valence-electron chi connectivity index (χ3n) is 8.33. The summed E-state index contributed by atoms with van der Waals surface area (Å²) in [6.07, 6.45) is 10.3. The molecule has 1 heterocycles. The Bertz CT molecular complexity index is 1870. The van der Waals surface area contributed by atoms with Crippen LogP contribution in [0.15, 0.2) is 146 Å². The van der Waals surface area contributed by atoms with Crippen LogP contribution in [0.1, 0.15) is 41.6 Å². The molecule has 2 atom stereocenters. The first-order chi connectivity index (χ1) is 21.1. The standard InChI is InChI=1S/C40H35N3/c1-27-12-10-17-30(22-27)36-24-35(29-15-6-3-7-16-29)37(41)26-40(36)42-32-19-11-18-31(23-32)39-25-34(28-13-4-2-5-14-28)33-20-8-9-21-38(33)43-39/h2-11,13-27,39,42-43H,12,41H2,1H3/t27-,39?/m0/s1. The molecule has 5 aromatic carbocycles. The maximum Gasteiger partial charge on any atom is 0.0708 e. The highest BCUT2D eigenvalue weighted by molar-refractivity contribution is 5.92. The van der Waals surface area contributed by atoms with Crippen molar-refractivity contribution in [2.45, 2.75) is 19.4 Å². The lowest BCUT2D eigenvalue weighted by atomic mass is 9.89. The van der Waals surface area contributed by atoms with Crippen molar-refractivity contribution in [2.24, 2.45) is 5.92 Å². The quantitative estimate of drug-likeness (QED) is 0.182. The van der Waals surface area contributed by atoms with Gasteiger partial charge in [-0.05, 0) is 76.6 Å². The number of benzene rings is 5. The first-order valence-corrected chi connectivity index (χ1v) is 15.0. The van der Waals surface area contributed by atoms with Crippen LogP contribution in [-0.4, -0.2) is 0 Å². The molecule has 0 bridgehead atoms. The van der Waals surface area contributed by atoms with E-state index in [1.807, 2.05) is 6.07 Å². The van der Waals surface area contributed by atoms with E-state index in [0.717, 1.165) is 45.9 Å². The van der Waals surface area contributed by atoms with Gasteiger partial charge in [0.05, 0.1) is 6.04 Å². The molecule has 3 nitrogen and oxygen atoms in total. The number of anilines is 4. The molecule has 3 heteroatoms. The van der Waals surface area contributed by atoms with Crippen LogP contribution >= 0.6 is 0 Å². The Morgan fingerprint density at radius 1 is 0.698 bits per heavy atom. The summed E-state index contributed by atoms with van der Waals surface area (Å²) in [6, 6.07) is 42.6. The van der Waals surface area contributed by atoms with Crippen molar-refractivity contribution in [3.8, 4) is 11.1 Å². The molecule has 0 amide bonds. The maximum absolute atomic E-state index is 6.70. The van der Waals surface area contributed by atoms with Crippen LogP contribution in [0.3, 0.4) is 0 Å². The molecule has 7 rings (SSSR count). The molecular formula is C40H35N3. The van der Waals surface area contributed by atoms with Crippen molar-refractivity contribution in [1.29, 1.82) is 0 Å². The minimum absolute atomic E-state index is 0.0293. The van der Waals surface area contributed by atoms with Gasteiger partial charge in [0.25, 0.3) is 0 Å². The van der Waals surface area contributed by atoms with E-state index < -0.39 is 0 Å². The minimum Gasteiger partial charge on any atom is -0.398 e. The van der Waals surface area contributed by atoms with E-state index in [1.54, 1.807) is 0 Å². The second-order valence-electron chi connectivity index (χ2n) is 11.5. The van der Waals surface area contributed by atoms with E-state index in [2.05, 4.69) is 157 Å². The van der Waals surface area contributed by atoms with Gasteiger partial charge in [0.15, 0.2) is 0 Å². The summed E-state index contributed by atoms with van der Waals surface area (Å²) in [5.74, 6) is 0.486. The molecule has 0 saturated carbocycles. The normalized spacial score (nSPS) is 17.3. The average molecular weight is 558 g/mol. The predicted octanol–water partition coefficient (Wildman–Crippen LogP) is 10.3. The van der Waals surface area contributed by atoms with Crippen molar-refractivity contribution in [3.63, 3.8) is 0 Å². The Morgan fingerprint density at radius 3 is 2.23 bits per heavy atom. The van der Waals surface area contributed by atoms with E-state index in [1.165, 1.54) is 27.8 Å². The molecule has 1 aliphatic carbocycles. The van der Waals surface area contributed by atoms with Gasteiger partial charge in [0.2, 0.25) is 0 Å². The number of nitrogens with one attached hydrogen (secondary N) is 2. The summed E-state index contributed by atoms with van der Waals surface area (Å²) in [6.45, 7) is 2.27. The van der Waals surface area contributed by atoms with Crippen LogP contribution in [0.5, 0.6) is 0 Å². The molecule has 0 fully saturated rings. The van der Waals surface area contributed by atoms with Crippen LogP contribution in [0, 0.1) is 5.92 Å². The zero-order chi connectivity index (χ0) is 29.2. The molecule has 2 aliphatic rings. The molecule has 1 unspecified atom stereocenters. The van der Waals surface area contributed by atoms with E-state index in [9.17, 15) is 0 Å². The summed E-state index contributed by atoms with van der Waals surface area (Å²) < 4.78 is 0. The van der Waals surface area contributed by atoms with Gasteiger partial charge >= 0.3 is 0 Å². The van der Waals surface area contributed by atoms with Crippen LogP contribution in [0.4, 0.5) is 22.7 Å². The second kappa shape index (κ2) is 11.5. The fourth-order valence-corrected chi connectivity index (χ4v) is 6.17. The number of para-hydroxylation sites is 1. The smallest absolute Gasteiger partial charge is 0.0708 e. The summed E-state index contributed by atoms with van der Waals surface area (Å²) in [7, 11) is 0. The Hall–Kier alpha value is -5.28. The van der Waals surface area contributed by atoms with Crippen molar-refractivity contribution in [2.75, 3.05) is 16.4 Å². The third kappa shape index (κ3) is 5.50. The van der Waals surface area contributed by atoms with Gasteiger partial charge in [0, 0.05) is 39.4 Å². The van der Waals surface area contributed by atoms with E-state index >= 15 is 0 Å². The van der Waals surface area contributed by atoms with Gasteiger partial charge in [-0.1, -0.05) is 116 Å². The summed E-state index contributed by atoms with van der Waals surface area (Å²) >= 11 is 0. The first-order valence-electron chi connectivity index (χ1n) is 15.0. The highest BCUT2D eigenvalue weighted by atomic mass is 14.9. The largest absolute Gasteiger partial charge is 0.398 e. The molecule has 1 aliphatic heterocycles. The molecule has 0 saturated heterocycles. The minimum atomic E-state index is 0.0293. The number of rotatable bonds is 6. The molecule has 0 aromatic heterocycles. The van der Waals surface area contributed by atoms with Gasteiger partial charge in [0.1, 0.15) is 0 Å². The van der Waals surface area contributed by atoms with Gasteiger partial charge in [-0.25, -0.2) is 0 Å². The number of fused-ring (bicyclic) bond motifs is 1. The number of nitrogen functional groups attached to an aromatic ring is 1. The van der Waals surface area contributed by atoms with Gasteiger partial charge in [-0.3, -0.25) is 0 Å². The zero-order valence-electron chi connectivity index (χ0n) is 24.3. The van der Waals surface area contributed by atoms with Crippen LogP contribution in [0.2, 0.25) is 0 Å². The lowest BCUT2D eigenvalue weighted by Gasteiger charge is -2.27. The lowest BCUT2D eigenvalue weighted by Crippen LogP contribution is -2.15. The Labute approximate surface area is 254 Å². The molecular weight excluding hydrogens is 522 g/mol. The highest BCUT2D eigenvalue weighted by Gasteiger charge is 2.21. The predicted molar refractivity (Wildman–Crippen MR) is 183 cm³/mol. The first kappa shape index (κ1) is 26.6. The van der Waals surface area contributed by atoms with Crippen LogP contribution < -0.4 is 16.4 Å². The monoisotopic (exact) mass is 557 g/mol. The SMILES string of the molecule is C[C@@H]1C=C(c2cc(-c3ccccc3)c(N)cc2Nc2cccc(C3C=C(c4ccccc4)c4ccccc4N3)c2)C=CC1. The molecule has 210 valence electrons. The van der Waals surface area contributed by atoms with E-state index in [0.29, 0.717) is 5.92 Å². The summed E-state index contributed by atoms with van der Waals surface area (Å²) in [4.78, 5) is 0. The number of hydrogen-bond donors (Lipinski definition) is 3. The highest BCUT2D eigenvalue weighted by Crippen LogP contribution is 2.41. The van der Waals surface area contributed by atoms with E-state index in [-0.39, 0.29) is 6.04 Å². The summed E-state index contributed by atoms with van der Waals surface area (Å²) in [5, 5.41) is 7.51. The second-order valence-corrected chi connectivity index (χ2v) is 11.5. The lowest BCUT2D eigenvalue weighted by molar-refractivity contribution is 0.740. The summed E-state index contributed by atoms with van der Waals surface area (Å²) in [5.41, 5.74) is 20.0. The Balaban J connectivity index is 1.27. The molecule has 43 heavy (non-hydrogen) atoms. The Morgan fingerprint density at radius 2 is 1.44 bits per heavy atom. The average Bonchev–Trinajstić information content (AvgIpc) is 3.05. The van der Waals surface area contributed by atoms with E-state index in [4.69, 9.17) is 5.73 Å². The van der Waals surface area contributed by atoms with Crippen molar-refractivity contribution >= 4 is 33.9 Å². The number of hydrogen-bond acceptors (Lipinski definition) is 3. The maximum atomic E-state index is 6.70. The molecule has 0 radical (unpaired) electrons.